The Labute approximate surface area is 205 Å². The lowest BCUT2D eigenvalue weighted by atomic mass is 10.1. The Morgan fingerprint density at radius 1 is 1.14 bits per heavy atom. The first kappa shape index (κ1) is 28.0. The Kier molecular flexibility index (Phi) is 11.9. The zero-order valence-corrected chi connectivity index (χ0v) is 20.3. The van der Waals surface area contributed by atoms with Gasteiger partial charge in [-0.3, -0.25) is 19.2 Å². The second-order valence-corrected chi connectivity index (χ2v) is 8.48. The number of amides is 4. The zero-order valence-electron chi connectivity index (χ0n) is 20.3. The van der Waals surface area contributed by atoms with Crippen LogP contribution in [0.2, 0.25) is 0 Å². The van der Waals surface area contributed by atoms with E-state index in [0.717, 1.165) is 32.1 Å². The van der Waals surface area contributed by atoms with Gasteiger partial charge in [-0.25, -0.2) is 0 Å². The molecule has 2 rings (SSSR count). The van der Waals surface area contributed by atoms with Crippen LogP contribution in [0.25, 0.3) is 0 Å². The molecule has 1 unspecified atom stereocenters. The molecule has 0 aliphatic carbocycles. The topological polar surface area (TPSA) is 148 Å². The lowest BCUT2D eigenvalue weighted by molar-refractivity contribution is -0.125. The first-order valence-electron chi connectivity index (χ1n) is 12.2. The van der Waals surface area contributed by atoms with Crippen molar-refractivity contribution < 1.29 is 28.7 Å². The highest BCUT2D eigenvalue weighted by Gasteiger charge is 2.36. The number of nitrogens with one attached hydrogen (secondary N) is 2. The number of fused-ring (bicyclic) bond motifs is 1. The molecule has 192 valence electrons. The molecule has 1 heterocycles. The molecule has 0 radical (unpaired) electrons. The summed E-state index contributed by atoms with van der Waals surface area (Å²) in [6.07, 6.45) is 5.78. The molecule has 10 heteroatoms. The SMILES string of the molecule is CCOCC(=O)NCCCCCCCC(=O)Nc1cccc2c1CN(C(CCC=O)C(N)=O)C2=O. The first-order valence-corrected chi connectivity index (χ1v) is 12.2. The average Bonchev–Trinajstić information content (AvgIpc) is 3.16. The number of benzene rings is 1. The fourth-order valence-corrected chi connectivity index (χ4v) is 4.03. The van der Waals surface area contributed by atoms with Crippen LogP contribution in [0.1, 0.15) is 74.2 Å². The van der Waals surface area contributed by atoms with Gasteiger partial charge in [-0.1, -0.05) is 25.3 Å². The van der Waals surface area contributed by atoms with Gasteiger partial charge in [0.05, 0.1) is 0 Å². The molecule has 0 bridgehead atoms. The molecule has 0 spiro atoms. The Bertz CT molecular complexity index is 904. The number of carbonyl (C=O) groups is 5. The number of carbonyl (C=O) groups excluding carboxylic acids is 5. The van der Waals surface area contributed by atoms with Gasteiger partial charge < -0.3 is 30.8 Å². The van der Waals surface area contributed by atoms with E-state index in [1.807, 2.05) is 6.92 Å². The third kappa shape index (κ3) is 8.79. The van der Waals surface area contributed by atoms with E-state index >= 15 is 0 Å². The molecule has 35 heavy (non-hydrogen) atoms. The Morgan fingerprint density at radius 2 is 1.89 bits per heavy atom. The van der Waals surface area contributed by atoms with Crippen molar-refractivity contribution >= 4 is 35.6 Å². The van der Waals surface area contributed by atoms with Crippen molar-refractivity contribution in [1.29, 1.82) is 0 Å². The number of primary amides is 1. The molecule has 0 saturated carbocycles. The number of anilines is 1. The largest absolute Gasteiger partial charge is 0.372 e. The summed E-state index contributed by atoms with van der Waals surface area (Å²) in [7, 11) is 0. The predicted molar refractivity (Wildman–Crippen MR) is 130 cm³/mol. The fourth-order valence-electron chi connectivity index (χ4n) is 4.03. The normalized spacial score (nSPS) is 13.3. The second-order valence-electron chi connectivity index (χ2n) is 8.48. The van der Waals surface area contributed by atoms with E-state index in [1.54, 1.807) is 18.2 Å². The van der Waals surface area contributed by atoms with Crippen LogP contribution < -0.4 is 16.4 Å². The molecule has 0 saturated heterocycles. The van der Waals surface area contributed by atoms with Gasteiger partial charge in [0.25, 0.3) is 5.91 Å². The van der Waals surface area contributed by atoms with Gasteiger partial charge >= 0.3 is 0 Å². The molecule has 4 N–H and O–H groups in total. The molecule has 1 aromatic rings. The monoisotopic (exact) mass is 488 g/mol. The van der Waals surface area contributed by atoms with Crippen LogP contribution in [0.15, 0.2) is 18.2 Å². The van der Waals surface area contributed by atoms with E-state index in [-0.39, 0.29) is 43.7 Å². The highest BCUT2D eigenvalue weighted by Crippen LogP contribution is 2.31. The summed E-state index contributed by atoms with van der Waals surface area (Å²) in [5.41, 5.74) is 7.09. The molecule has 0 fully saturated rings. The number of ether oxygens (including phenoxy) is 1. The van der Waals surface area contributed by atoms with Crippen LogP contribution in [0.4, 0.5) is 5.69 Å². The molecule has 10 nitrogen and oxygen atoms in total. The van der Waals surface area contributed by atoms with Crippen LogP contribution in [0.5, 0.6) is 0 Å². The molecule has 1 aromatic carbocycles. The molecular formula is C25H36N4O6. The van der Waals surface area contributed by atoms with Crippen molar-refractivity contribution in [2.75, 3.05) is 25.1 Å². The van der Waals surface area contributed by atoms with Gasteiger partial charge in [0, 0.05) is 49.4 Å². The van der Waals surface area contributed by atoms with Gasteiger partial charge in [0.15, 0.2) is 0 Å². The first-order chi connectivity index (χ1) is 16.9. The van der Waals surface area contributed by atoms with Crippen molar-refractivity contribution in [2.45, 2.75) is 70.9 Å². The third-order valence-corrected chi connectivity index (χ3v) is 5.87. The van der Waals surface area contributed by atoms with Crippen LogP contribution in [-0.4, -0.2) is 60.6 Å². The number of nitrogens with two attached hydrogens (primary N) is 1. The summed E-state index contributed by atoms with van der Waals surface area (Å²) in [4.78, 5) is 60.7. The highest BCUT2D eigenvalue weighted by molar-refractivity contribution is 6.03. The standard InChI is InChI=1S/C25H36N4O6/c1-2-35-17-23(32)27-14-7-5-3-4-6-13-22(31)28-20-11-8-10-18-19(20)16-29(25(18)34)21(24(26)33)12-9-15-30/h8,10-11,15,21H,2-7,9,12-14,16-17H2,1H3,(H2,26,33)(H,27,32)(H,28,31). The summed E-state index contributed by atoms with van der Waals surface area (Å²) in [5, 5.41) is 5.69. The van der Waals surface area contributed by atoms with Gasteiger partial charge in [0.2, 0.25) is 17.7 Å². The number of aldehydes is 1. The van der Waals surface area contributed by atoms with Crippen molar-refractivity contribution in [3.05, 3.63) is 29.3 Å². The molecule has 4 amide bonds. The lowest BCUT2D eigenvalue weighted by Gasteiger charge is -2.24. The Morgan fingerprint density at radius 3 is 2.60 bits per heavy atom. The maximum atomic E-state index is 12.8. The number of rotatable bonds is 17. The van der Waals surface area contributed by atoms with Crippen LogP contribution in [0.3, 0.4) is 0 Å². The van der Waals surface area contributed by atoms with Crippen molar-refractivity contribution in [2.24, 2.45) is 5.73 Å². The minimum Gasteiger partial charge on any atom is -0.372 e. The van der Waals surface area contributed by atoms with Crippen LogP contribution >= 0.6 is 0 Å². The van der Waals surface area contributed by atoms with E-state index in [2.05, 4.69) is 10.6 Å². The Hall–Kier alpha value is -3.27. The second kappa shape index (κ2) is 14.9. The summed E-state index contributed by atoms with van der Waals surface area (Å²) < 4.78 is 5.04. The van der Waals surface area contributed by atoms with Crippen molar-refractivity contribution in [3.8, 4) is 0 Å². The summed E-state index contributed by atoms with van der Waals surface area (Å²) in [6, 6.07) is 4.21. The number of hydrogen-bond donors (Lipinski definition) is 3. The van der Waals surface area contributed by atoms with Crippen molar-refractivity contribution in [1.82, 2.24) is 10.2 Å². The number of hydrogen-bond acceptors (Lipinski definition) is 6. The van der Waals surface area contributed by atoms with Gasteiger partial charge in [-0.15, -0.1) is 0 Å². The van der Waals surface area contributed by atoms with Crippen LogP contribution in [-0.2, 0) is 30.5 Å². The van der Waals surface area contributed by atoms with E-state index in [0.29, 0.717) is 42.7 Å². The number of unbranched alkanes of at least 4 members (excludes halogenated alkanes) is 4. The van der Waals surface area contributed by atoms with Gasteiger partial charge in [-0.05, 0) is 38.3 Å². The van der Waals surface area contributed by atoms with E-state index in [4.69, 9.17) is 10.5 Å². The van der Waals surface area contributed by atoms with Gasteiger partial charge in [-0.2, -0.15) is 0 Å². The minimum atomic E-state index is -0.873. The van der Waals surface area contributed by atoms with Crippen LogP contribution in [0, 0.1) is 0 Å². The molecule has 1 aliphatic rings. The van der Waals surface area contributed by atoms with Crippen molar-refractivity contribution in [3.63, 3.8) is 0 Å². The highest BCUT2D eigenvalue weighted by atomic mass is 16.5. The summed E-state index contributed by atoms with van der Waals surface area (Å²) in [6.45, 7) is 3.22. The molecule has 1 atom stereocenters. The van der Waals surface area contributed by atoms with E-state index in [9.17, 15) is 24.0 Å². The fraction of sp³-hybridized carbons (Fsp3) is 0.560. The average molecular weight is 489 g/mol. The quantitative estimate of drug-likeness (QED) is 0.225. The molecular weight excluding hydrogens is 452 g/mol. The molecule has 1 aliphatic heterocycles. The summed E-state index contributed by atoms with van der Waals surface area (Å²) >= 11 is 0. The zero-order chi connectivity index (χ0) is 25.6. The summed E-state index contributed by atoms with van der Waals surface area (Å²) in [5.74, 6) is -1.24. The predicted octanol–water partition coefficient (Wildman–Crippen LogP) is 1.91. The number of nitrogens with zero attached hydrogens (tertiary/aromatic N) is 1. The third-order valence-electron chi connectivity index (χ3n) is 5.87. The minimum absolute atomic E-state index is 0.0916. The maximum absolute atomic E-state index is 12.8. The van der Waals surface area contributed by atoms with Gasteiger partial charge in [0.1, 0.15) is 18.9 Å². The van der Waals surface area contributed by atoms with E-state index < -0.39 is 11.9 Å². The molecule has 0 aromatic heterocycles. The maximum Gasteiger partial charge on any atom is 0.255 e. The smallest absolute Gasteiger partial charge is 0.255 e. The van der Waals surface area contributed by atoms with E-state index in [1.165, 1.54) is 4.90 Å². The lowest BCUT2D eigenvalue weighted by Crippen LogP contribution is -2.44. The Balaban J connectivity index is 1.76.